The first-order valence-electron chi connectivity index (χ1n) is 11.6. The molecule has 3 N–H and O–H groups in total. The first-order valence-corrected chi connectivity index (χ1v) is 11.6. The van der Waals surface area contributed by atoms with Crippen molar-refractivity contribution >= 4 is 18.0 Å². The summed E-state index contributed by atoms with van der Waals surface area (Å²) in [5, 5.41) is 14.8. The van der Waals surface area contributed by atoms with Crippen LogP contribution in [0.15, 0.2) is 48.5 Å². The van der Waals surface area contributed by atoms with Crippen LogP contribution in [0.4, 0.5) is 4.79 Å². The van der Waals surface area contributed by atoms with Crippen molar-refractivity contribution < 1.29 is 24.2 Å². The van der Waals surface area contributed by atoms with E-state index in [9.17, 15) is 19.5 Å². The fraction of sp³-hybridized carbons (Fsp3) is 0.423. The highest BCUT2D eigenvalue weighted by molar-refractivity contribution is 5.80. The molecule has 2 aliphatic carbocycles. The monoisotopic (exact) mass is 450 g/mol. The predicted molar refractivity (Wildman–Crippen MR) is 124 cm³/mol. The molecule has 7 nitrogen and oxygen atoms in total. The summed E-state index contributed by atoms with van der Waals surface area (Å²) in [5.74, 6) is -1.87. The van der Waals surface area contributed by atoms with Crippen LogP contribution in [0.3, 0.4) is 0 Å². The number of carbonyl (C=O) groups excluding carboxylic acids is 2. The van der Waals surface area contributed by atoms with Gasteiger partial charge in [-0.3, -0.25) is 9.59 Å². The Kier molecular flexibility index (Phi) is 6.96. The van der Waals surface area contributed by atoms with Crippen molar-refractivity contribution in [2.45, 2.75) is 44.6 Å². The highest BCUT2D eigenvalue weighted by Crippen LogP contribution is 2.44. The minimum atomic E-state index is -0.807. The molecule has 1 saturated carbocycles. The Hall–Kier alpha value is -3.35. The van der Waals surface area contributed by atoms with Gasteiger partial charge in [0.2, 0.25) is 5.91 Å². The second-order valence-corrected chi connectivity index (χ2v) is 9.01. The molecule has 2 aromatic rings. The molecule has 0 aliphatic heterocycles. The third-order valence-electron chi connectivity index (χ3n) is 6.71. The molecular formula is C26H30N2O5. The normalized spacial score (nSPS) is 20.3. The standard InChI is InChI=1S/C26H30N2O5/c1-16(24(29)28-18-8-6-7-17(13-18)25(30)31)14-27-26(32)33-15-23-21-11-4-2-9-19(21)20-10-3-5-12-22(20)23/h2-5,9-12,16-18,23H,6-8,13-15H2,1H3,(H,27,32)(H,28,29)(H,30,31)/t16?,17-,18+/m1/s1. The number of aliphatic carboxylic acids is 1. The van der Waals surface area contributed by atoms with Crippen LogP contribution < -0.4 is 10.6 Å². The number of fused-ring (bicyclic) bond motifs is 3. The van der Waals surface area contributed by atoms with Crippen LogP contribution in [-0.2, 0) is 14.3 Å². The number of carbonyl (C=O) groups is 3. The molecule has 0 bridgehead atoms. The fourth-order valence-corrected chi connectivity index (χ4v) is 4.87. The van der Waals surface area contributed by atoms with Crippen LogP contribution in [0.5, 0.6) is 0 Å². The van der Waals surface area contributed by atoms with Crippen molar-refractivity contribution in [2.75, 3.05) is 13.2 Å². The molecule has 2 aromatic carbocycles. The summed E-state index contributed by atoms with van der Waals surface area (Å²) in [7, 11) is 0. The molecule has 2 aliphatic rings. The number of carboxylic acids is 1. The van der Waals surface area contributed by atoms with Gasteiger partial charge in [0.15, 0.2) is 0 Å². The van der Waals surface area contributed by atoms with E-state index in [1.54, 1.807) is 6.92 Å². The molecule has 4 rings (SSSR count). The molecule has 0 heterocycles. The van der Waals surface area contributed by atoms with E-state index in [1.165, 1.54) is 11.1 Å². The maximum Gasteiger partial charge on any atom is 0.407 e. The summed E-state index contributed by atoms with van der Waals surface area (Å²) in [5.41, 5.74) is 4.62. The Bertz CT molecular complexity index is 991. The van der Waals surface area contributed by atoms with Gasteiger partial charge in [-0.1, -0.05) is 61.9 Å². The maximum atomic E-state index is 12.5. The number of rotatable bonds is 7. The Balaban J connectivity index is 1.25. The van der Waals surface area contributed by atoms with Gasteiger partial charge in [0, 0.05) is 18.5 Å². The van der Waals surface area contributed by atoms with E-state index >= 15 is 0 Å². The second-order valence-electron chi connectivity index (χ2n) is 9.01. The predicted octanol–water partition coefficient (Wildman–Crippen LogP) is 3.92. The van der Waals surface area contributed by atoms with E-state index in [0.29, 0.717) is 12.8 Å². The summed E-state index contributed by atoms with van der Waals surface area (Å²) in [4.78, 5) is 36.0. The van der Waals surface area contributed by atoms with Crippen LogP contribution in [0.1, 0.15) is 49.7 Å². The Morgan fingerprint density at radius 3 is 2.30 bits per heavy atom. The minimum Gasteiger partial charge on any atom is -0.481 e. The van der Waals surface area contributed by atoms with E-state index in [-0.39, 0.29) is 31.0 Å². The molecule has 1 fully saturated rings. The fourth-order valence-electron chi connectivity index (χ4n) is 4.87. The first kappa shape index (κ1) is 22.8. The number of carboxylic acid groups (broad SMARTS) is 1. The number of benzene rings is 2. The van der Waals surface area contributed by atoms with E-state index in [0.717, 1.165) is 24.0 Å². The topological polar surface area (TPSA) is 105 Å². The van der Waals surface area contributed by atoms with Crippen LogP contribution in [0, 0.1) is 11.8 Å². The largest absolute Gasteiger partial charge is 0.481 e. The molecule has 0 spiro atoms. The van der Waals surface area contributed by atoms with Crippen molar-refractivity contribution in [1.82, 2.24) is 10.6 Å². The SMILES string of the molecule is CC(CNC(=O)OCC1c2ccccc2-c2ccccc21)C(=O)N[C@H]1CCC[C@@H](C(=O)O)C1. The van der Waals surface area contributed by atoms with Crippen LogP contribution in [0.2, 0.25) is 0 Å². The lowest BCUT2D eigenvalue weighted by Gasteiger charge is -2.28. The minimum absolute atomic E-state index is 0.0163. The zero-order valence-corrected chi connectivity index (χ0v) is 18.8. The highest BCUT2D eigenvalue weighted by Gasteiger charge is 2.30. The third-order valence-corrected chi connectivity index (χ3v) is 6.71. The van der Waals surface area contributed by atoms with E-state index in [4.69, 9.17) is 4.74 Å². The smallest absolute Gasteiger partial charge is 0.407 e. The number of hydrogen-bond donors (Lipinski definition) is 3. The van der Waals surface area contributed by atoms with Gasteiger partial charge >= 0.3 is 12.1 Å². The van der Waals surface area contributed by atoms with E-state index in [1.807, 2.05) is 24.3 Å². The van der Waals surface area contributed by atoms with Gasteiger partial charge in [0.1, 0.15) is 6.61 Å². The molecule has 7 heteroatoms. The number of nitrogens with one attached hydrogen (secondary N) is 2. The van der Waals surface area contributed by atoms with Gasteiger partial charge in [0.05, 0.1) is 11.8 Å². The second kappa shape index (κ2) is 10.1. The Morgan fingerprint density at radius 2 is 1.67 bits per heavy atom. The van der Waals surface area contributed by atoms with Crippen molar-refractivity contribution in [3.05, 3.63) is 59.7 Å². The maximum absolute atomic E-state index is 12.5. The molecule has 174 valence electrons. The summed E-state index contributed by atoms with van der Waals surface area (Å²) < 4.78 is 5.51. The van der Waals surface area contributed by atoms with Crippen LogP contribution >= 0.6 is 0 Å². The molecule has 3 atom stereocenters. The number of hydrogen-bond acceptors (Lipinski definition) is 4. The lowest BCUT2D eigenvalue weighted by atomic mass is 9.85. The molecule has 0 radical (unpaired) electrons. The Labute approximate surface area is 193 Å². The zero-order valence-electron chi connectivity index (χ0n) is 18.8. The van der Waals surface area contributed by atoms with Crippen molar-refractivity contribution in [3.8, 4) is 11.1 Å². The van der Waals surface area contributed by atoms with Crippen molar-refractivity contribution in [2.24, 2.45) is 11.8 Å². The zero-order chi connectivity index (χ0) is 23.4. The van der Waals surface area contributed by atoms with E-state index in [2.05, 4.69) is 34.9 Å². The summed E-state index contributed by atoms with van der Waals surface area (Å²) in [6, 6.07) is 16.1. The summed E-state index contributed by atoms with van der Waals surface area (Å²) >= 11 is 0. The molecule has 1 unspecified atom stereocenters. The number of alkyl carbamates (subject to hydrolysis) is 1. The van der Waals surface area contributed by atoms with Gasteiger partial charge < -0.3 is 20.5 Å². The first-order chi connectivity index (χ1) is 15.9. The molecular weight excluding hydrogens is 420 g/mol. The van der Waals surface area contributed by atoms with E-state index < -0.39 is 23.9 Å². The van der Waals surface area contributed by atoms with Crippen LogP contribution in [0.25, 0.3) is 11.1 Å². The average molecular weight is 451 g/mol. The average Bonchev–Trinajstić information content (AvgIpc) is 3.15. The van der Waals surface area contributed by atoms with Gasteiger partial charge in [-0.05, 0) is 41.5 Å². The Morgan fingerprint density at radius 1 is 1.03 bits per heavy atom. The van der Waals surface area contributed by atoms with Crippen molar-refractivity contribution in [3.63, 3.8) is 0 Å². The van der Waals surface area contributed by atoms with Gasteiger partial charge in [-0.2, -0.15) is 0 Å². The number of ether oxygens (including phenoxy) is 1. The molecule has 2 amide bonds. The van der Waals surface area contributed by atoms with Gasteiger partial charge in [-0.25, -0.2) is 4.79 Å². The molecule has 33 heavy (non-hydrogen) atoms. The summed E-state index contributed by atoms with van der Waals surface area (Å²) in [6.07, 6.45) is 2.12. The van der Waals surface area contributed by atoms with Gasteiger partial charge in [-0.15, -0.1) is 0 Å². The number of amides is 2. The quantitative estimate of drug-likeness (QED) is 0.593. The lowest BCUT2D eigenvalue weighted by Crippen LogP contribution is -2.44. The summed E-state index contributed by atoms with van der Waals surface area (Å²) in [6.45, 7) is 2.10. The van der Waals surface area contributed by atoms with Crippen molar-refractivity contribution in [1.29, 1.82) is 0 Å². The molecule has 0 aromatic heterocycles. The third kappa shape index (κ3) is 5.18. The van der Waals surface area contributed by atoms with Gasteiger partial charge in [0.25, 0.3) is 0 Å². The van der Waals surface area contributed by atoms with Crippen LogP contribution in [-0.4, -0.2) is 42.3 Å². The molecule has 0 saturated heterocycles. The highest BCUT2D eigenvalue weighted by atomic mass is 16.5. The lowest BCUT2D eigenvalue weighted by molar-refractivity contribution is -0.143.